The first-order valence-corrected chi connectivity index (χ1v) is 14.0. The van der Waals surface area contributed by atoms with Crippen LogP contribution in [0.4, 0.5) is 5.69 Å². The lowest BCUT2D eigenvalue weighted by molar-refractivity contribution is -0.139. The highest BCUT2D eigenvalue weighted by molar-refractivity contribution is 7.92. The number of amides is 2. The number of hydrogen-bond donors (Lipinski definition) is 1. The first-order chi connectivity index (χ1) is 18.6. The van der Waals surface area contributed by atoms with E-state index in [1.54, 1.807) is 81.6 Å². The number of hydrogen-bond acceptors (Lipinski definition) is 6. The van der Waals surface area contributed by atoms with E-state index in [1.807, 2.05) is 6.92 Å². The van der Waals surface area contributed by atoms with Gasteiger partial charge in [-0.3, -0.25) is 13.9 Å². The molecule has 2 amide bonds. The number of carbonyl (C=O) groups excluding carboxylic acids is 2. The van der Waals surface area contributed by atoms with Gasteiger partial charge in [0.05, 0.1) is 24.8 Å². The summed E-state index contributed by atoms with van der Waals surface area (Å²) in [6.45, 7) is 5.20. The van der Waals surface area contributed by atoms with Gasteiger partial charge in [0, 0.05) is 13.1 Å². The van der Waals surface area contributed by atoms with E-state index in [1.165, 1.54) is 24.1 Å². The number of methoxy groups -OCH3 is 2. The first kappa shape index (κ1) is 29.5. The molecule has 10 heteroatoms. The summed E-state index contributed by atoms with van der Waals surface area (Å²) in [6, 6.07) is 19.3. The Labute approximate surface area is 230 Å². The molecule has 0 aliphatic carbocycles. The Balaban J connectivity index is 2.05. The van der Waals surface area contributed by atoms with Crippen molar-refractivity contribution in [2.24, 2.45) is 0 Å². The smallest absolute Gasteiger partial charge is 0.264 e. The molecule has 0 aliphatic heterocycles. The second-order valence-electron chi connectivity index (χ2n) is 8.94. The highest BCUT2D eigenvalue weighted by Crippen LogP contribution is 2.32. The number of likely N-dealkylation sites (N-methyl/N-ethyl adjacent to an activating group) is 1. The third-order valence-electron chi connectivity index (χ3n) is 6.27. The monoisotopic (exact) mass is 553 g/mol. The SMILES string of the molecule is CCNC(=O)C(C)N(Cc1ccc(OC)cc1)C(=O)CN(c1ccccc1OC)S(=O)(=O)c1ccc(C)cc1. The summed E-state index contributed by atoms with van der Waals surface area (Å²) >= 11 is 0. The molecule has 3 aromatic rings. The molecule has 0 saturated heterocycles. The first-order valence-electron chi connectivity index (χ1n) is 12.5. The predicted molar refractivity (Wildman–Crippen MR) is 150 cm³/mol. The Morgan fingerprint density at radius 3 is 2.15 bits per heavy atom. The van der Waals surface area contributed by atoms with Crippen molar-refractivity contribution in [3.8, 4) is 11.5 Å². The van der Waals surface area contributed by atoms with Gasteiger partial charge in [0.1, 0.15) is 24.1 Å². The number of nitrogens with zero attached hydrogens (tertiary/aromatic N) is 2. The maximum Gasteiger partial charge on any atom is 0.264 e. The van der Waals surface area contributed by atoms with Gasteiger partial charge in [0.15, 0.2) is 0 Å². The second kappa shape index (κ2) is 13.1. The molecular weight excluding hydrogens is 518 g/mol. The van der Waals surface area contributed by atoms with Crippen LogP contribution >= 0.6 is 0 Å². The molecule has 0 bridgehead atoms. The zero-order chi connectivity index (χ0) is 28.6. The van der Waals surface area contributed by atoms with E-state index in [9.17, 15) is 18.0 Å². The molecule has 0 aromatic heterocycles. The van der Waals surface area contributed by atoms with Gasteiger partial charge < -0.3 is 19.7 Å². The number of ether oxygens (including phenoxy) is 2. The van der Waals surface area contributed by atoms with Crippen LogP contribution in [0, 0.1) is 6.92 Å². The summed E-state index contributed by atoms with van der Waals surface area (Å²) in [4.78, 5) is 28.1. The van der Waals surface area contributed by atoms with Crippen LogP contribution in [0.1, 0.15) is 25.0 Å². The molecule has 39 heavy (non-hydrogen) atoms. The van der Waals surface area contributed by atoms with Crippen LogP contribution in [0.3, 0.4) is 0 Å². The number of carbonyl (C=O) groups is 2. The average Bonchev–Trinajstić information content (AvgIpc) is 2.94. The molecule has 1 atom stereocenters. The molecule has 0 saturated carbocycles. The maximum atomic E-state index is 13.9. The van der Waals surface area contributed by atoms with E-state index in [0.717, 1.165) is 15.4 Å². The van der Waals surface area contributed by atoms with Crippen molar-refractivity contribution < 1.29 is 27.5 Å². The van der Waals surface area contributed by atoms with Gasteiger partial charge in [0.2, 0.25) is 11.8 Å². The summed E-state index contributed by atoms with van der Waals surface area (Å²) in [5.41, 5.74) is 1.87. The van der Waals surface area contributed by atoms with Crippen molar-refractivity contribution in [3.63, 3.8) is 0 Å². The minimum absolute atomic E-state index is 0.0327. The molecule has 1 N–H and O–H groups in total. The van der Waals surface area contributed by atoms with E-state index < -0.39 is 28.5 Å². The van der Waals surface area contributed by atoms with E-state index in [-0.39, 0.29) is 23.0 Å². The van der Waals surface area contributed by atoms with Crippen molar-refractivity contribution in [1.29, 1.82) is 0 Å². The molecule has 0 aliphatic rings. The molecule has 0 spiro atoms. The molecule has 0 fully saturated rings. The number of sulfonamides is 1. The molecule has 9 nitrogen and oxygen atoms in total. The Bertz CT molecular complexity index is 1370. The predicted octanol–water partition coefficient (Wildman–Crippen LogP) is 3.76. The topological polar surface area (TPSA) is 105 Å². The highest BCUT2D eigenvalue weighted by Gasteiger charge is 2.33. The van der Waals surface area contributed by atoms with Crippen LogP contribution < -0.4 is 19.1 Å². The fraction of sp³-hybridized carbons (Fsp3) is 0.310. The van der Waals surface area contributed by atoms with E-state index >= 15 is 0 Å². The minimum atomic E-state index is -4.18. The standard InChI is InChI=1S/C29H35N3O6S/c1-6-30-29(34)22(3)31(19-23-13-15-24(37-4)16-14-23)28(33)20-32(26-9-7-8-10-27(26)38-5)39(35,36)25-17-11-21(2)12-18-25/h7-18,22H,6,19-20H2,1-5H3,(H,30,34). The van der Waals surface area contributed by atoms with E-state index in [0.29, 0.717) is 18.0 Å². The zero-order valence-electron chi connectivity index (χ0n) is 22.9. The second-order valence-corrected chi connectivity index (χ2v) is 10.8. The zero-order valence-corrected chi connectivity index (χ0v) is 23.7. The van der Waals surface area contributed by atoms with Gasteiger partial charge >= 0.3 is 0 Å². The van der Waals surface area contributed by atoms with Crippen LogP contribution in [0.2, 0.25) is 0 Å². The molecule has 1 unspecified atom stereocenters. The summed E-state index contributed by atoms with van der Waals surface area (Å²) in [5.74, 6) is 0.0511. The number of anilines is 1. The molecule has 208 valence electrons. The van der Waals surface area contributed by atoms with E-state index in [2.05, 4.69) is 5.32 Å². The lowest BCUT2D eigenvalue weighted by Gasteiger charge is -2.32. The number of aryl methyl sites for hydroxylation is 1. The van der Waals surface area contributed by atoms with Crippen LogP contribution in [-0.2, 0) is 26.2 Å². The lowest BCUT2D eigenvalue weighted by atomic mass is 10.1. The van der Waals surface area contributed by atoms with Crippen molar-refractivity contribution in [3.05, 3.63) is 83.9 Å². The van der Waals surface area contributed by atoms with Gasteiger partial charge in [-0.1, -0.05) is 42.0 Å². The Hall–Kier alpha value is -4.05. The molecule has 3 rings (SSSR count). The third kappa shape index (κ3) is 7.08. The number of para-hydroxylation sites is 2. The Kier molecular flexibility index (Phi) is 9.95. The normalized spacial score (nSPS) is 11.8. The number of benzene rings is 3. The summed E-state index contributed by atoms with van der Waals surface area (Å²) in [7, 11) is -1.19. The van der Waals surface area contributed by atoms with Gasteiger partial charge in [-0.15, -0.1) is 0 Å². The van der Waals surface area contributed by atoms with Crippen molar-refractivity contribution in [1.82, 2.24) is 10.2 Å². The number of rotatable bonds is 12. The fourth-order valence-corrected chi connectivity index (χ4v) is 5.44. The summed E-state index contributed by atoms with van der Waals surface area (Å²) in [5, 5.41) is 2.74. The largest absolute Gasteiger partial charge is 0.497 e. The van der Waals surface area contributed by atoms with Crippen LogP contribution in [0.25, 0.3) is 0 Å². The minimum Gasteiger partial charge on any atom is -0.497 e. The quantitative estimate of drug-likeness (QED) is 0.366. The molecule has 0 heterocycles. The van der Waals surface area contributed by atoms with Crippen molar-refractivity contribution >= 4 is 27.5 Å². The summed E-state index contributed by atoms with van der Waals surface area (Å²) < 4.78 is 39.5. The van der Waals surface area contributed by atoms with Crippen LogP contribution in [-0.4, -0.2) is 58.5 Å². The summed E-state index contributed by atoms with van der Waals surface area (Å²) in [6.07, 6.45) is 0. The molecule has 0 radical (unpaired) electrons. The molecular formula is C29H35N3O6S. The van der Waals surface area contributed by atoms with Gasteiger partial charge in [-0.25, -0.2) is 8.42 Å². The Morgan fingerprint density at radius 2 is 1.56 bits per heavy atom. The lowest BCUT2D eigenvalue weighted by Crippen LogP contribution is -2.51. The highest BCUT2D eigenvalue weighted by atomic mass is 32.2. The van der Waals surface area contributed by atoms with Crippen molar-refractivity contribution in [2.75, 3.05) is 31.6 Å². The average molecular weight is 554 g/mol. The molecule has 3 aromatic carbocycles. The third-order valence-corrected chi connectivity index (χ3v) is 8.05. The maximum absolute atomic E-state index is 13.9. The fourth-order valence-electron chi connectivity index (χ4n) is 4.02. The van der Waals surface area contributed by atoms with E-state index in [4.69, 9.17) is 9.47 Å². The Morgan fingerprint density at radius 1 is 0.923 bits per heavy atom. The number of nitrogens with one attached hydrogen (secondary N) is 1. The van der Waals surface area contributed by atoms with Gasteiger partial charge in [-0.05, 0) is 62.7 Å². The van der Waals surface area contributed by atoms with Gasteiger partial charge in [-0.2, -0.15) is 0 Å². The van der Waals surface area contributed by atoms with Crippen LogP contribution in [0.15, 0.2) is 77.7 Å². The van der Waals surface area contributed by atoms with Gasteiger partial charge in [0.25, 0.3) is 10.0 Å². The van der Waals surface area contributed by atoms with Crippen molar-refractivity contribution in [2.45, 2.75) is 38.3 Å². The van der Waals surface area contributed by atoms with Crippen LogP contribution in [0.5, 0.6) is 11.5 Å².